The summed E-state index contributed by atoms with van der Waals surface area (Å²) in [4.78, 5) is 25.7. The van der Waals surface area contributed by atoms with Crippen molar-refractivity contribution in [2.75, 3.05) is 24.7 Å². The molecule has 142 valence electrons. The molecule has 1 aromatic rings. The van der Waals surface area contributed by atoms with Crippen molar-refractivity contribution >= 4 is 35.3 Å². The SMILES string of the molecule is CC1CCC(C(N)=O)CN1C(=O)COc1ccc(C2SCCCS2)cc1. The fraction of sp³-hybridized carbons (Fsp3) is 0.579. The van der Waals surface area contributed by atoms with Gasteiger partial charge in [-0.1, -0.05) is 12.1 Å². The highest BCUT2D eigenvalue weighted by atomic mass is 32.2. The largest absolute Gasteiger partial charge is 0.484 e. The van der Waals surface area contributed by atoms with Crippen molar-refractivity contribution in [3.05, 3.63) is 29.8 Å². The minimum absolute atomic E-state index is 0.0118. The van der Waals surface area contributed by atoms with Gasteiger partial charge in [-0.2, -0.15) is 0 Å². The van der Waals surface area contributed by atoms with Crippen LogP contribution >= 0.6 is 23.5 Å². The highest BCUT2D eigenvalue weighted by Crippen LogP contribution is 2.43. The molecule has 2 atom stereocenters. The van der Waals surface area contributed by atoms with Gasteiger partial charge in [0.25, 0.3) is 5.91 Å². The van der Waals surface area contributed by atoms with Crippen LogP contribution in [0.3, 0.4) is 0 Å². The van der Waals surface area contributed by atoms with Gasteiger partial charge in [-0.15, -0.1) is 23.5 Å². The highest BCUT2D eigenvalue weighted by molar-refractivity contribution is 8.16. The Balaban J connectivity index is 1.52. The number of thioether (sulfide) groups is 2. The van der Waals surface area contributed by atoms with E-state index in [1.54, 1.807) is 4.90 Å². The molecule has 1 aromatic carbocycles. The molecule has 3 rings (SSSR count). The number of amides is 2. The monoisotopic (exact) mass is 394 g/mol. The first kappa shape index (κ1) is 19.4. The van der Waals surface area contributed by atoms with E-state index >= 15 is 0 Å². The quantitative estimate of drug-likeness (QED) is 0.831. The van der Waals surface area contributed by atoms with Crippen LogP contribution < -0.4 is 10.5 Å². The summed E-state index contributed by atoms with van der Waals surface area (Å²) in [6.45, 7) is 2.39. The van der Waals surface area contributed by atoms with Crippen LogP contribution in [0.5, 0.6) is 5.75 Å². The first-order valence-corrected chi connectivity index (χ1v) is 11.2. The third-order valence-corrected chi connectivity index (χ3v) is 7.96. The van der Waals surface area contributed by atoms with E-state index in [0.717, 1.165) is 12.8 Å². The van der Waals surface area contributed by atoms with Gasteiger partial charge < -0.3 is 15.4 Å². The van der Waals surface area contributed by atoms with Crippen molar-refractivity contribution in [2.24, 2.45) is 11.7 Å². The summed E-state index contributed by atoms with van der Waals surface area (Å²) in [7, 11) is 0. The number of primary amides is 1. The number of likely N-dealkylation sites (tertiary alicyclic amines) is 1. The van der Waals surface area contributed by atoms with Crippen LogP contribution in [0.15, 0.2) is 24.3 Å². The van der Waals surface area contributed by atoms with Crippen LogP contribution in [0, 0.1) is 5.92 Å². The van der Waals surface area contributed by atoms with E-state index in [1.165, 1.54) is 23.5 Å². The molecule has 2 heterocycles. The third kappa shape index (κ3) is 4.88. The second-order valence-electron chi connectivity index (χ2n) is 6.86. The zero-order chi connectivity index (χ0) is 18.5. The van der Waals surface area contributed by atoms with Crippen molar-refractivity contribution < 1.29 is 14.3 Å². The van der Waals surface area contributed by atoms with Gasteiger partial charge in [0.1, 0.15) is 5.75 Å². The molecule has 0 saturated carbocycles. The summed E-state index contributed by atoms with van der Waals surface area (Å²) >= 11 is 3.97. The smallest absolute Gasteiger partial charge is 0.260 e. The molecule has 0 aliphatic carbocycles. The number of nitrogens with two attached hydrogens (primary N) is 1. The van der Waals surface area contributed by atoms with Crippen LogP contribution in [0.25, 0.3) is 0 Å². The lowest BCUT2D eigenvalue weighted by Gasteiger charge is -2.36. The van der Waals surface area contributed by atoms with E-state index in [1.807, 2.05) is 42.6 Å². The van der Waals surface area contributed by atoms with Crippen LogP contribution in [-0.2, 0) is 9.59 Å². The molecule has 0 aromatic heterocycles. The number of benzene rings is 1. The Morgan fingerprint density at radius 1 is 1.19 bits per heavy atom. The minimum Gasteiger partial charge on any atom is -0.484 e. The van der Waals surface area contributed by atoms with Gasteiger partial charge in [0.05, 0.1) is 10.5 Å². The van der Waals surface area contributed by atoms with Crippen molar-refractivity contribution in [2.45, 2.75) is 36.8 Å². The maximum atomic E-state index is 12.5. The number of nitrogens with zero attached hydrogens (tertiary/aromatic N) is 1. The van der Waals surface area contributed by atoms with Gasteiger partial charge >= 0.3 is 0 Å². The number of hydrogen-bond acceptors (Lipinski definition) is 5. The lowest BCUT2D eigenvalue weighted by Crippen LogP contribution is -2.50. The Bertz CT molecular complexity index is 632. The van der Waals surface area contributed by atoms with E-state index in [0.29, 0.717) is 16.9 Å². The van der Waals surface area contributed by atoms with Crippen molar-refractivity contribution in [3.63, 3.8) is 0 Å². The average molecular weight is 395 g/mol. The molecule has 2 aliphatic rings. The summed E-state index contributed by atoms with van der Waals surface area (Å²) < 4.78 is 6.19. The number of ether oxygens (including phenoxy) is 1. The Morgan fingerprint density at radius 2 is 1.88 bits per heavy atom. The van der Waals surface area contributed by atoms with E-state index in [4.69, 9.17) is 10.5 Å². The van der Waals surface area contributed by atoms with E-state index in [2.05, 4.69) is 12.1 Å². The van der Waals surface area contributed by atoms with Crippen LogP contribution in [0.2, 0.25) is 0 Å². The van der Waals surface area contributed by atoms with Gasteiger partial charge in [-0.25, -0.2) is 0 Å². The maximum absolute atomic E-state index is 12.5. The molecule has 26 heavy (non-hydrogen) atoms. The lowest BCUT2D eigenvalue weighted by molar-refractivity contribution is -0.139. The Morgan fingerprint density at radius 3 is 2.54 bits per heavy atom. The molecule has 5 nitrogen and oxygen atoms in total. The number of hydrogen-bond donors (Lipinski definition) is 1. The predicted octanol–water partition coefficient (Wildman–Crippen LogP) is 3.05. The second-order valence-corrected chi connectivity index (χ2v) is 9.58. The maximum Gasteiger partial charge on any atom is 0.260 e. The van der Waals surface area contributed by atoms with Gasteiger partial charge in [-0.3, -0.25) is 9.59 Å². The predicted molar refractivity (Wildman–Crippen MR) is 107 cm³/mol. The average Bonchev–Trinajstić information content (AvgIpc) is 2.67. The van der Waals surface area contributed by atoms with Crippen LogP contribution in [0.1, 0.15) is 36.3 Å². The summed E-state index contributed by atoms with van der Waals surface area (Å²) in [6.07, 6.45) is 2.82. The molecule has 2 unspecified atom stereocenters. The molecular formula is C19H26N2O3S2. The Kier molecular flexibility index (Phi) is 6.75. The molecule has 2 saturated heterocycles. The molecule has 0 radical (unpaired) electrons. The zero-order valence-corrected chi connectivity index (χ0v) is 16.7. The van der Waals surface area contributed by atoms with Gasteiger partial charge in [-0.05, 0) is 55.4 Å². The fourth-order valence-corrected chi connectivity index (χ4v) is 6.21. The first-order valence-electron chi connectivity index (χ1n) is 9.09. The Labute approximate surface area is 163 Å². The number of rotatable bonds is 5. The number of carbonyl (C=O) groups excluding carboxylic acids is 2. The third-order valence-electron chi connectivity index (χ3n) is 4.95. The molecular weight excluding hydrogens is 368 g/mol. The summed E-state index contributed by atoms with van der Waals surface area (Å²) in [5.74, 6) is 2.45. The van der Waals surface area contributed by atoms with Crippen LogP contribution in [-0.4, -0.2) is 47.4 Å². The summed E-state index contributed by atoms with van der Waals surface area (Å²) in [5, 5.41) is 0. The normalized spacial score (nSPS) is 24.3. The van der Waals surface area contributed by atoms with Crippen molar-refractivity contribution in [3.8, 4) is 5.75 Å². The highest BCUT2D eigenvalue weighted by Gasteiger charge is 2.31. The second kappa shape index (κ2) is 9.04. The summed E-state index contributed by atoms with van der Waals surface area (Å²) in [5.41, 5.74) is 6.70. The molecule has 2 aliphatic heterocycles. The standard InChI is InChI=1S/C19H26N2O3S2/c1-13-3-4-15(18(20)23)11-21(13)17(22)12-24-16-7-5-14(6-8-16)19-25-9-2-10-26-19/h5-8,13,15,19H,2-4,9-12H2,1H3,(H2,20,23). The van der Waals surface area contributed by atoms with Crippen molar-refractivity contribution in [1.82, 2.24) is 4.90 Å². The molecule has 7 heteroatoms. The van der Waals surface area contributed by atoms with Crippen LogP contribution in [0.4, 0.5) is 0 Å². The first-order chi connectivity index (χ1) is 12.5. The molecule has 0 spiro atoms. The Hall–Kier alpha value is -1.34. The molecule has 2 amide bonds. The topological polar surface area (TPSA) is 72.6 Å². The summed E-state index contributed by atoms with van der Waals surface area (Å²) in [6, 6.07) is 8.16. The van der Waals surface area contributed by atoms with Crippen molar-refractivity contribution in [1.29, 1.82) is 0 Å². The molecule has 2 N–H and O–H groups in total. The van der Waals surface area contributed by atoms with Gasteiger partial charge in [0.15, 0.2) is 6.61 Å². The molecule has 0 bridgehead atoms. The van der Waals surface area contributed by atoms with Gasteiger partial charge in [0, 0.05) is 12.6 Å². The van der Waals surface area contributed by atoms with E-state index in [9.17, 15) is 9.59 Å². The zero-order valence-electron chi connectivity index (χ0n) is 15.1. The van der Waals surface area contributed by atoms with E-state index < -0.39 is 0 Å². The number of piperidine rings is 1. The minimum atomic E-state index is -0.329. The molecule has 2 fully saturated rings. The van der Waals surface area contributed by atoms with E-state index in [-0.39, 0.29) is 30.4 Å². The fourth-order valence-electron chi connectivity index (χ4n) is 3.32. The van der Waals surface area contributed by atoms with Gasteiger partial charge in [0.2, 0.25) is 5.91 Å². The number of carbonyl (C=O) groups is 2. The lowest BCUT2D eigenvalue weighted by atomic mass is 9.93.